The van der Waals surface area contributed by atoms with Crippen LogP contribution in [0.5, 0.6) is 0 Å². The van der Waals surface area contributed by atoms with Crippen molar-refractivity contribution in [2.45, 2.75) is 19.9 Å². The molecule has 0 aliphatic heterocycles. The molecule has 2 aromatic rings. The summed E-state index contributed by atoms with van der Waals surface area (Å²) in [6.07, 6.45) is 1.84. The van der Waals surface area contributed by atoms with E-state index in [2.05, 4.69) is 51.2 Å². The van der Waals surface area contributed by atoms with Crippen molar-refractivity contribution in [2.24, 2.45) is 11.7 Å². The molecule has 0 aliphatic carbocycles. The molecule has 0 fully saturated rings. The zero-order valence-electron chi connectivity index (χ0n) is 9.20. The standard InChI is InChI=1S/C11H14BrN3S/c1-6(2)10(13)11-14-4-8(15-11)9-3-7(12)5-16-9/h3-6,10H,13H2,1-2H3,(H,14,15). The first-order valence-electron chi connectivity index (χ1n) is 5.13. The van der Waals surface area contributed by atoms with E-state index in [9.17, 15) is 0 Å². The number of aromatic nitrogens is 2. The Morgan fingerprint density at radius 3 is 2.81 bits per heavy atom. The van der Waals surface area contributed by atoms with E-state index in [1.807, 2.05) is 6.20 Å². The third-order valence-electron chi connectivity index (χ3n) is 2.46. The number of aromatic amines is 1. The van der Waals surface area contributed by atoms with Gasteiger partial charge >= 0.3 is 0 Å². The van der Waals surface area contributed by atoms with Gasteiger partial charge in [0.15, 0.2) is 0 Å². The zero-order chi connectivity index (χ0) is 11.7. The van der Waals surface area contributed by atoms with Gasteiger partial charge in [-0.25, -0.2) is 4.98 Å². The van der Waals surface area contributed by atoms with Crippen LogP contribution in [0.3, 0.4) is 0 Å². The Morgan fingerprint density at radius 1 is 1.50 bits per heavy atom. The number of imidazole rings is 1. The molecule has 0 saturated carbocycles. The third kappa shape index (κ3) is 2.36. The fraction of sp³-hybridized carbons (Fsp3) is 0.364. The Morgan fingerprint density at radius 2 is 2.25 bits per heavy atom. The maximum atomic E-state index is 6.03. The first-order chi connectivity index (χ1) is 7.58. The van der Waals surface area contributed by atoms with Gasteiger partial charge in [0.25, 0.3) is 0 Å². The Kier molecular flexibility index (Phi) is 3.47. The van der Waals surface area contributed by atoms with Crippen molar-refractivity contribution in [3.8, 4) is 10.6 Å². The second kappa shape index (κ2) is 4.69. The van der Waals surface area contributed by atoms with Crippen molar-refractivity contribution in [2.75, 3.05) is 0 Å². The Hall–Kier alpha value is -0.650. The maximum Gasteiger partial charge on any atom is 0.123 e. The van der Waals surface area contributed by atoms with Gasteiger partial charge in [-0.05, 0) is 27.9 Å². The molecule has 16 heavy (non-hydrogen) atoms. The monoisotopic (exact) mass is 299 g/mol. The molecule has 2 aromatic heterocycles. The van der Waals surface area contributed by atoms with E-state index >= 15 is 0 Å². The molecule has 5 heteroatoms. The van der Waals surface area contributed by atoms with Gasteiger partial charge in [0.2, 0.25) is 0 Å². The molecule has 0 radical (unpaired) electrons. The molecule has 0 aliphatic rings. The van der Waals surface area contributed by atoms with Crippen LogP contribution in [-0.4, -0.2) is 9.97 Å². The second-order valence-electron chi connectivity index (χ2n) is 4.08. The fourth-order valence-electron chi connectivity index (χ4n) is 1.40. The van der Waals surface area contributed by atoms with Gasteiger partial charge in [0.1, 0.15) is 5.82 Å². The van der Waals surface area contributed by atoms with Crippen molar-refractivity contribution in [3.63, 3.8) is 0 Å². The van der Waals surface area contributed by atoms with Crippen LogP contribution in [0.25, 0.3) is 10.6 Å². The highest BCUT2D eigenvalue weighted by Gasteiger charge is 2.14. The van der Waals surface area contributed by atoms with Crippen molar-refractivity contribution in [3.05, 3.63) is 27.9 Å². The SMILES string of the molecule is CC(C)C(N)c1ncc(-c2cc(Br)cs2)[nH]1. The van der Waals surface area contributed by atoms with Crippen LogP contribution in [-0.2, 0) is 0 Å². The smallest absolute Gasteiger partial charge is 0.123 e. The largest absolute Gasteiger partial charge is 0.340 e. The summed E-state index contributed by atoms with van der Waals surface area (Å²) in [5.74, 6) is 1.24. The topological polar surface area (TPSA) is 54.7 Å². The van der Waals surface area contributed by atoms with Crippen molar-refractivity contribution < 1.29 is 0 Å². The lowest BCUT2D eigenvalue weighted by Crippen LogP contribution is -2.18. The average Bonchev–Trinajstić information content (AvgIpc) is 2.84. The van der Waals surface area contributed by atoms with E-state index < -0.39 is 0 Å². The number of H-pyrrole nitrogens is 1. The first kappa shape index (κ1) is 11.8. The van der Waals surface area contributed by atoms with Crippen molar-refractivity contribution in [1.82, 2.24) is 9.97 Å². The molecular formula is C11H14BrN3S. The van der Waals surface area contributed by atoms with Gasteiger partial charge in [-0.2, -0.15) is 0 Å². The van der Waals surface area contributed by atoms with E-state index in [4.69, 9.17) is 5.73 Å². The summed E-state index contributed by atoms with van der Waals surface area (Å²) >= 11 is 5.12. The maximum absolute atomic E-state index is 6.03. The molecule has 86 valence electrons. The summed E-state index contributed by atoms with van der Waals surface area (Å²) in [7, 11) is 0. The van der Waals surface area contributed by atoms with Crippen LogP contribution in [0.2, 0.25) is 0 Å². The van der Waals surface area contributed by atoms with Gasteiger partial charge in [-0.15, -0.1) is 11.3 Å². The summed E-state index contributed by atoms with van der Waals surface area (Å²) in [5, 5.41) is 2.05. The zero-order valence-corrected chi connectivity index (χ0v) is 11.6. The molecule has 0 amide bonds. The van der Waals surface area contributed by atoms with Gasteiger partial charge in [-0.1, -0.05) is 13.8 Å². The van der Waals surface area contributed by atoms with Crippen LogP contribution < -0.4 is 5.73 Å². The number of nitrogens with two attached hydrogens (primary N) is 1. The van der Waals surface area contributed by atoms with Crippen LogP contribution in [0, 0.1) is 5.92 Å². The van der Waals surface area contributed by atoms with Crippen molar-refractivity contribution >= 4 is 27.3 Å². The van der Waals surface area contributed by atoms with E-state index in [-0.39, 0.29) is 6.04 Å². The second-order valence-corrected chi connectivity index (χ2v) is 5.91. The molecule has 0 bridgehead atoms. The van der Waals surface area contributed by atoms with E-state index in [0.29, 0.717) is 5.92 Å². The summed E-state index contributed by atoms with van der Waals surface area (Å²) in [6, 6.07) is 2.04. The van der Waals surface area contributed by atoms with Crippen LogP contribution in [0.15, 0.2) is 22.1 Å². The molecular weight excluding hydrogens is 286 g/mol. The molecule has 3 nitrogen and oxygen atoms in total. The highest BCUT2D eigenvalue weighted by Crippen LogP contribution is 2.29. The lowest BCUT2D eigenvalue weighted by Gasteiger charge is -2.11. The Bertz CT molecular complexity index is 475. The molecule has 3 N–H and O–H groups in total. The number of halogens is 1. The van der Waals surface area contributed by atoms with Gasteiger partial charge < -0.3 is 10.7 Å². The minimum atomic E-state index is -0.0304. The number of hydrogen-bond acceptors (Lipinski definition) is 3. The van der Waals surface area contributed by atoms with E-state index in [1.165, 1.54) is 4.88 Å². The van der Waals surface area contributed by atoms with Gasteiger partial charge in [0, 0.05) is 9.85 Å². The van der Waals surface area contributed by atoms with Gasteiger partial charge in [-0.3, -0.25) is 0 Å². The summed E-state index contributed by atoms with van der Waals surface area (Å²) < 4.78 is 1.09. The molecule has 0 saturated heterocycles. The highest BCUT2D eigenvalue weighted by atomic mass is 79.9. The van der Waals surface area contributed by atoms with Crippen LogP contribution in [0.4, 0.5) is 0 Å². The molecule has 0 aromatic carbocycles. The summed E-state index contributed by atoms with van der Waals surface area (Å²) in [4.78, 5) is 8.78. The third-order valence-corrected chi connectivity index (χ3v) is 4.19. The predicted molar refractivity (Wildman–Crippen MR) is 71.4 cm³/mol. The summed E-state index contributed by atoms with van der Waals surface area (Å²) in [6.45, 7) is 4.18. The minimum absolute atomic E-state index is 0.0304. The number of nitrogens with one attached hydrogen (secondary N) is 1. The molecule has 2 rings (SSSR count). The summed E-state index contributed by atoms with van der Waals surface area (Å²) in [5.41, 5.74) is 7.06. The number of thiophene rings is 1. The Balaban J connectivity index is 2.26. The number of hydrogen-bond donors (Lipinski definition) is 2. The molecule has 2 heterocycles. The fourth-order valence-corrected chi connectivity index (χ4v) is 2.80. The minimum Gasteiger partial charge on any atom is -0.340 e. The van der Waals surface area contributed by atoms with E-state index in [0.717, 1.165) is 16.0 Å². The number of nitrogens with zero attached hydrogens (tertiary/aromatic N) is 1. The van der Waals surface area contributed by atoms with E-state index in [1.54, 1.807) is 11.3 Å². The molecule has 1 unspecified atom stereocenters. The predicted octanol–water partition coefficient (Wildman–Crippen LogP) is 3.56. The Labute approximate surface area is 107 Å². The molecule has 1 atom stereocenters. The normalized spacial score (nSPS) is 13.3. The molecule has 0 spiro atoms. The first-order valence-corrected chi connectivity index (χ1v) is 6.80. The number of rotatable bonds is 3. The lowest BCUT2D eigenvalue weighted by molar-refractivity contribution is 0.494. The quantitative estimate of drug-likeness (QED) is 0.910. The van der Waals surface area contributed by atoms with Crippen LogP contribution in [0.1, 0.15) is 25.7 Å². The average molecular weight is 300 g/mol. The van der Waals surface area contributed by atoms with Crippen LogP contribution >= 0.6 is 27.3 Å². The van der Waals surface area contributed by atoms with Gasteiger partial charge in [0.05, 0.1) is 22.8 Å². The highest BCUT2D eigenvalue weighted by molar-refractivity contribution is 9.10. The van der Waals surface area contributed by atoms with Crippen molar-refractivity contribution in [1.29, 1.82) is 0 Å². The lowest BCUT2D eigenvalue weighted by atomic mass is 10.1.